The minimum atomic E-state index is -1.38. The zero-order valence-electron chi connectivity index (χ0n) is 19.6. The summed E-state index contributed by atoms with van der Waals surface area (Å²) in [6, 6.07) is 19.3. The summed E-state index contributed by atoms with van der Waals surface area (Å²) < 4.78 is 1.62. The number of aromatic nitrogens is 2. The van der Waals surface area contributed by atoms with Gasteiger partial charge in [0, 0.05) is 40.8 Å². The molecule has 0 radical (unpaired) electrons. The molecule has 0 aliphatic heterocycles. The normalized spacial score (nSPS) is 11.5. The minimum absolute atomic E-state index is 0.0720. The molecule has 2 aromatic carbocycles. The molecule has 1 unspecified atom stereocenters. The number of benzene rings is 2. The maximum absolute atomic E-state index is 12.6. The highest BCUT2D eigenvalue weighted by Gasteiger charge is 2.25. The van der Waals surface area contributed by atoms with Gasteiger partial charge in [-0.05, 0) is 47.4 Å². The van der Waals surface area contributed by atoms with Crippen LogP contribution in [0.2, 0.25) is 5.02 Å². The van der Waals surface area contributed by atoms with E-state index in [2.05, 4.69) is 10.3 Å². The molecule has 37 heavy (non-hydrogen) atoms. The van der Waals surface area contributed by atoms with Gasteiger partial charge in [0.2, 0.25) is 0 Å². The molecule has 0 saturated carbocycles. The van der Waals surface area contributed by atoms with Crippen LogP contribution in [0.3, 0.4) is 0 Å². The SMILES string of the molecule is N=C(C(=O)NC(C(=O)O)c1cncc(Cc2ccc(Cn3ccccc3=O)cc2)c1)c1cccc(Cl)c1. The molecular weight excluding hydrogens is 492 g/mol. The third-order valence-corrected chi connectivity index (χ3v) is 5.93. The molecule has 0 saturated heterocycles. The first-order valence-electron chi connectivity index (χ1n) is 11.4. The van der Waals surface area contributed by atoms with Crippen molar-refractivity contribution in [1.29, 1.82) is 5.41 Å². The molecule has 3 N–H and O–H groups in total. The van der Waals surface area contributed by atoms with Gasteiger partial charge in [-0.15, -0.1) is 0 Å². The Morgan fingerprint density at radius 3 is 2.43 bits per heavy atom. The quantitative estimate of drug-likeness (QED) is 0.293. The van der Waals surface area contributed by atoms with Crippen molar-refractivity contribution in [3.63, 3.8) is 0 Å². The zero-order chi connectivity index (χ0) is 26.4. The number of carboxylic acids is 1. The van der Waals surface area contributed by atoms with Crippen molar-refractivity contribution in [2.24, 2.45) is 0 Å². The lowest BCUT2D eigenvalue weighted by Gasteiger charge is -2.16. The van der Waals surface area contributed by atoms with Crippen LogP contribution in [0.15, 0.2) is 96.2 Å². The maximum Gasteiger partial charge on any atom is 0.330 e. The number of carbonyl (C=O) groups excluding carboxylic acids is 1. The Hall–Kier alpha value is -4.56. The molecule has 2 aromatic heterocycles. The first-order valence-corrected chi connectivity index (χ1v) is 11.7. The van der Waals surface area contributed by atoms with Gasteiger partial charge in [-0.3, -0.25) is 20.0 Å². The van der Waals surface area contributed by atoms with Gasteiger partial charge in [-0.2, -0.15) is 0 Å². The van der Waals surface area contributed by atoms with Crippen molar-refractivity contribution in [2.45, 2.75) is 19.0 Å². The molecule has 8 nitrogen and oxygen atoms in total. The number of amides is 1. The van der Waals surface area contributed by atoms with Gasteiger partial charge in [0.1, 0.15) is 5.71 Å². The predicted octanol–water partition coefficient (Wildman–Crippen LogP) is 3.85. The van der Waals surface area contributed by atoms with Crippen molar-refractivity contribution in [3.05, 3.63) is 135 Å². The lowest BCUT2D eigenvalue weighted by atomic mass is 10.0. The molecule has 0 spiro atoms. The number of carboxylic acid groups (broad SMARTS) is 1. The molecule has 9 heteroatoms. The van der Waals surface area contributed by atoms with E-state index in [0.29, 0.717) is 18.0 Å². The summed E-state index contributed by atoms with van der Waals surface area (Å²) in [6.07, 6.45) is 5.24. The van der Waals surface area contributed by atoms with Crippen LogP contribution in [0.4, 0.5) is 0 Å². The number of nitrogens with zero attached hydrogens (tertiary/aromatic N) is 2. The standard InChI is InChI=1S/C28H23ClN4O4/c29-23-5-3-4-21(14-23)25(30)27(35)32-26(28(36)37)22-13-20(15-31-16-22)12-18-7-9-19(10-8-18)17-33-11-2-1-6-24(33)34/h1-11,13-16,26,30H,12,17H2,(H,32,35)(H,36,37). The van der Waals surface area contributed by atoms with Gasteiger partial charge in [0.05, 0.1) is 6.54 Å². The zero-order valence-corrected chi connectivity index (χ0v) is 20.4. The van der Waals surface area contributed by atoms with E-state index in [-0.39, 0.29) is 16.7 Å². The van der Waals surface area contributed by atoms with Gasteiger partial charge < -0.3 is 15.0 Å². The Kier molecular flexibility index (Phi) is 7.90. The fourth-order valence-corrected chi connectivity index (χ4v) is 4.00. The third kappa shape index (κ3) is 6.56. The monoisotopic (exact) mass is 514 g/mol. The van der Waals surface area contributed by atoms with Crippen LogP contribution in [0.5, 0.6) is 0 Å². The molecule has 0 fully saturated rings. The average Bonchev–Trinajstić information content (AvgIpc) is 2.89. The van der Waals surface area contributed by atoms with Gasteiger partial charge >= 0.3 is 5.97 Å². The predicted molar refractivity (Wildman–Crippen MR) is 140 cm³/mol. The van der Waals surface area contributed by atoms with E-state index in [4.69, 9.17) is 17.0 Å². The van der Waals surface area contributed by atoms with Crippen LogP contribution in [0.25, 0.3) is 0 Å². The summed E-state index contributed by atoms with van der Waals surface area (Å²) in [5, 5.41) is 20.7. The van der Waals surface area contributed by atoms with Crippen LogP contribution in [0.1, 0.15) is 33.9 Å². The smallest absolute Gasteiger partial charge is 0.330 e. The van der Waals surface area contributed by atoms with Crippen molar-refractivity contribution in [3.8, 4) is 0 Å². The molecule has 4 aromatic rings. The summed E-state index contributed by atoms with van der Waals surface area (Å²) in [7, 11) is 0. The van der Waals surface area contributed by atoms with E-state index in [1.54, 1.807) is 47.3 Å². The summed E-state index contributed by atoms with van der Waals surface area (Å²) in [5.74, 6) is -2.11. The van der Waals surface area contributed by atoms with Gasteiger partial charge in [0.25, 0.3) is 11.5 Å². The molecule has 0 aliphatic carbocycles. The van der Waals surface area contributed by atoms with Gasteiger partial charge in [-0.1, -0.05) is 54.1 Å². The Balaban J connectivity index is 1.46. The van der Waals surface area contributed by atoms with Crippen LogP contribution < -0.4 is 10.9 Å². The second-order valence-electron chi connectivity index (χ2n) is 8.42. The van der Waals surface area contributed by atoms with Gasteiger partial charge in [0.15, 0.2) is 6.04 Å². The Morgan fingerprint density at radius 2 is 1.73 bits per heavy atom. The number of carbonyl (C=O) groups is 2. The van der Waals surface area contributed by atoms with Gasteiger partial charge in [-0.25, -0.2) is 4.79 Å². The average molecular weight is 515 g/mol. The van der Waals surface area contributed by atoms with E-state index in [1.807, 2.05) is 30.3 Å². The van der Waals surface area contributed by atoms with E-state index < -0.39 is 23.6 Å². The van der Waals surface area contributed by atoms with Crippen LogP contribution in [-0.4, -0.2) is 32.2 Å². The Morgan fingerprint density at radius 1 is 0.973 bits per heavy atom. The van der Waals surface area contributed by atoms with Crippen LogP contribution >= 0.6 is 11.6 Å². The van der Waals surface area contributed by atoms with Crippen LogP contribution in [-0.2, 0) is 22.6 Å². The molecule has 0 aliphatic rings. The second-order valence-corrected chi connectivity index (χ2v) is 8.85. The van der Waals surface area contributed by atoms with E-state index >= 15 is 0 Å². The highest BCUT2D eigenvalue weighted by Crippen LogP contribution is 2.18. The summed E-state index contributed by atoms with van der Waals surface area (Å²) in [6.45, 7) is 0.460. The number of hydrogen-bond donors (Lipinski definition) is 3. The first-order chi connectivity index (χ1) is 17.8. The van der Waals surface area contributed by atoms with E-state index in [0.717, 1.165) is 16.7 Å². The summed E-state index contributed by atoms with van der Waals surface area (Å²) >= 11 is 5.94. The summed E-state index contributed by atoms with van der Waals surface area (Å²) in [5.41, 5.74) is 2.81. The topological polar surface area (TPSA) is 125 Å². The van der Waals surface area contributed by atoms with Crippen molar-refractivity contribution < 1.29 is 14.7 Å². The third-order valence-electron chi connectivity index (χ3n) is 5.70. The molecule has 0 bridgehead atoms. The minimum Gasteiger partial charge on any atom is -0.479 e. The second kappa shape index (κ2) is 11.5. The Labute approximate surface area is 217 Å². The highest BCUT2D eigenvalue weighted by molar-refractivity contribution is 6.44. The molecule has 1 amide bonds. The highest BCUT2D eigenvalue weighted by atomic mass is 35.5. The molecular formula is C28H23ClN4O4. The Bertz CT molecular complexity index is 1520. The lowest BCUT2D eigenvalue weighted by molar-refractivity contribution is -0.141. The van der Waals surface area contributed by atoms with Crippen LogP contribution in [0, 0.1) is 5.41 Å². The van der Waals surface area contributed by atoms with E-state index in [9.17, 15) is 19.5 Å². The van der Waals surface area contributed by atoms with Crippen molar-refractivity contribution >= 4 is 29.2 Å². The largest absolute Gasteiger partial charge is 0.479 e. The first kappa shape index (κ1) is 25.5. The molecule has 4 rings (SSSR count). The summed E-state index contributed by atoms with van der Waals surface area (Å²) in [4.78, 5) is 40.7. The van der Waals surface area contributed by atoms with Crippen molar-refractivity contribution in [1.82, 2.24) is 14.9 Å². The molecule has 2 heterocycles. The fraction of sp³-hybridized carbons (Fsp3) is 0.107. The number of hydrogen-bond acceptors (Lipinski definition) is 5. The fourth-order valence-electron chi connectivity index (χ4n) is 3.81. The lowest BCUT2D eigenvalue weighted by Crippen LogP contribution is -2.38. The number of rotatable bonds is 9. The van der Waals surface area contributed by atoms with E-state index in [1.165, 1.54) is 18.3 Å². The van der Waals surface area contributed by atoms with Crippen molar-refractivity contribution in [2.75, 3.05) is 0 Å². The number of pyridine rings is 2. The maximum atomic E-state index is 12.6. The molecule has 1 atom stereocenters. The number of nitrogens with one attached hydrogen (secondary N) is 2. The number of aliphatic carboxylic acids is 1. The molecule has 186 valence electrons. The number of halogens is 1.